The van der Waals surface area contributed by atoms with Gasteiger partial charge in [0.05, 0.1) is 0 Å². The molecular formula is C13H20F2N2. The van der Waals surface area contributed by atoms with Gasteiger partial charge in [-0.2, -0.15) is 0 Å². The van der Waals surface area contributed by atoms with Gasteiger partial charge in [0.15, 0.2) is 11.6 Å². The third-order valence-electron chi connectivity index (χ3n) is 2.53. The fourth-order valence-corrected chi connectivity index (χ4v) is 1.60. The lowest BCUT2D eigenvalue weighted by Gasteiger charge is -2.17. The van der Waals surface area contributed by atoms with Gasteiger partial charge in [-0.25, -0.2) is 8.78 Å². The van der Waals surface area contributed by atoms with Gasteiger partial charge in [0.25, 0.3) is 0 Å². The molecule has 0 aromatic heterocycles. The number of nitrogens with zero attached hydrogens (tertiary/aromatic N) is 1. The van der Waals surface area contributed by atoms with Crippen molar-refractivity contribution < 1.29 is 8.78 Å². The van der Waals surface area contributed by atoms with E-state index in [1.807, 2.05) is 7.05 Å². The van der Waals surface area contributed by atoms with E-state index in [4.69, 9.17) is 0 Å². The van der Waals surface area contributed by atoms with Crippen LogP contribution < -0.4 is 5.32 Å². The van der Waals surface area contributed by atoms with Crippen LogP contribution in [-0.4, -0.2) is 31.6 Å². The van der Waals surface area contributed by atoms with E-state index in [0.717, 1.165) is 31.6 Å². The van der Waals surface area contributed by atoms with E-state index in [2.05, 4.69) is 17.1 Å². The maximum atomic E-state index is 13.0. The van der Waals surface area contributed by atoms with Gasteiger partial charge >= 0.3 is 0 Å². The summed E-state index contributed by atoms with van der Waals surface area (Å²) in [5, 5.41) is 3.30. The highest BCUT2D eigenvalue weighted by molar-refractivity contribution is 5.17. The summed E-state index contributed by atoms with van der Waals surface area (Å²) in [5.41, 5.74) is 0.793. The zero-order valence-electron chi connectivity index (χ0n) is 10.5. The maximum Gasteiger partial charge on any atom is 0.159 e. The standard InChI is InChI=1S/C13H20F2N2/c1-3-6-16-7-8-17(2)10-11-4-5-12(14)13(15)9-11/h4-5,9,16H,3,6-8,10H2,1-2H3. The summed E-state index contributed by atoms with van der Waals surface area (Å²) in [6, 6.07) is 4.05. The zero-order valence-corrected chi connectivity index (χ0v) is 10.5. The van der Waals surface area contributed by atoms with Crippen molar-refractivity contribution >= 4 is 0 Å². The summed E-state index contributed by atoms with van der Waals surface area (Å²) in [7, 11) is 1.97. The third kappa shape index (κ3) is 5.24. The van der Waals surface area contributed by atoms with Crippen molar-refractivity contribution in [3.63, 3.8) is 0 Å². The smallest absolute Gasteiger partial charge is 0.159 e. The molecule has 0 fully saturated rings. The predicted octanol–water partition coefficient (Wildman–Crippen LogP) is 2.40. The molecule has 1 aromatic rings. The van der Waals surface area contributed by atoms with Crippen LogP contribution >= 0.6 is 0 Å². The first-order valence-electron chi connectivity index (χ1n) is 5.96. The highest BCUT2D eigenvalue weighted by atomic mass is 19.2. The minimum atomic E-state index is -0.791. The molecule has 4 heteroatoms. The first kappa shape index (κ1) is 14.1. The molecule has 0 amide bonds. The minimum absolute atomic E-state index is 0.630. The van der Waals surface area contributed by atoms with Gasteiger partial charge in [-0.05, 0) is 37.7 Å². The fraction of sp³-hybridized carbons (Fsp3) is 0.538. The van der Waals surface area contributed by atoms with Crippen LogP contribution in [0.2, 0.25) is 0 Å². The Labute approximate surface area is 102 Å². The number of halogens is 2. The number of hydrogen-bond acceptors (Lipinski definition) is 2. The lowest BCUT2D eigenvalue weighted by Crippen LogP contribution is -2.29. The van der Waals surface area contributed by atoms with Crippen molar-refractivity contribution in [1.82, 2.24) is 10.2 Å². The largest absolute Gasteiger partial charge is 0.315 e. The Morgan fingerprint density at radius 2 is 1.94 bits per heavy atom. The average Bonchev–Trinajstić information content (AvgIpc) is 2.30. The molecule has 0 bridgehead atoms. The van der Waals surface area contributed by atoms with E-state index in [0.29, 0.717) is 6.54 Å². The highest BCUT2D eigenvalue weighted by Crippen LogP contribution is 2.10. The Hall–Kier alpha value is -1.00. The topological polar surface area (TPSA) is 15.3 Å². The predicted molar refractivity (Wildman–Crippen MR) is 65.9 cm³/mol. The number of nitrogens with one attached hydrogen (secondary N) is 1. The first-order chi connectivity index (χ1) is 8.13. The maximum absolute atomic E-state index is 13.0. The molecule has 17 heavy (non-hydrogen) atoms. The Kier molecular flexibility index (Phi) is 6.08. The van der Waals surface area contributed by atoms with Gasteiger partial charge in [-0.15, -0.1) is 0 Å². The molecule has 1 rings (SSSR count). The lowest BCUT2D eigenvalue weighted by atomic mass is 10.2. The van der Waals surface area contributed by atoms with Crippen LogP contribution in [0.4, 0.5) is 8.78 Å². The van der Waals surface area contributed by atoms with Crippen LogP contribution in [0.1, 0.15) is 18.9 Å². The number of rotatable bonds is 7. The molecule has 0 saturated heterocycles. The van der Waals surface area contributed by atoms with Crippen LogP contribution in [0.3, 0.4) is 0 Å². The van der Waals surface area contributed by atoms with Gasteiger partial charge in [-0.3, -0.25) is 0 Å². The molecule has 0 aliphatic rings. The number of hydrogen-bond donors (Lipinski definition) is 1. The molecule has 0 heterocycles. The van der Waals surface area contributed by atoms with Gasteiger partial charge in [0, 0.05) is 19.6 Å². The van der Waals surface area contributed by atoms with E-state index in [1.54, 1.807) is 6.07 Å². The van der Waals surface area contributed by atoms with Crippen molar-refractivity contribution in [2.24, 2.45) is 0 Å². The lowest BCUT2D eigenvalue weighted by molar-refractivity contribution is 0.323. The number of likely N-dealkylation sites (N-methyl/N-ethyl adjacent to an activating group) is 1. The van der Waals surface area contributed by atoms with Gasteiger partial charge in [0.2, 0.25) is 0 Å². The summed E-state index contributed by atoms with van der Waals surface area (Å²) in [4.78, 5) is 2.08. The summed E-state index contributed by atoms with van der Waals surface area (Å²) in [5.74, 6) is -1.57. The normalized spacial score (nSPS) is 11.1. The summed E-state index contributed by atoms with van der Waals surface area (Å²) in [6.07, 6.45) is 1.12. The fourth-order valence-electron chi connectivity index (χ4n) is 1.60. The SMILES string of the molecule is CCCNCCN(C)Cc1ccc(F)c(F)c1. The van der Waals surface area contributed by atoms with Gasteiger partial charge < -0.3 is 10.2 Å². The van der Waals surface area contributed by atoms with Gasteiger partial charge in [0.1, 0.15) is 0 Å². The molecular weight excluding hydrogens is 222 g/mol. The van der Waals surface area contributed by atoms with Crippen molar-refractivity contribution in [1.29, 1.82) is 0 Å². The van der Waals surface area contributed by atoms with Crippen LogP contribution in [0.5, 0.6) is 0 Å². The summed E-state index contributed by atoms with van der Waals surface area (Å²) < 4.78 is 25.7. The molecule has 0 radical (unpaired) electrons. The Morgan fingerprint density at radius 3 is 2.59 bits per heavy atom. The van der Waals surface area contributed by atoms with E-state index in [-0.39, 0.29) is 0 Å². The van der Waals surface area contributed by atoms with Crippen LogP contribution in [0.25, 0.3) is 0 Å². The van der Waals surface area contributed by atoms with E-state index < -0.39 is 11.6 Å². The zero-order chi connectivity index (χ0) is 12.7. The van der Waals surface area contributed by atoms with E-state index in [9.17, 15) is 8.78 Å². The molecule has 2 nitrogen and oxygen atoms in total. The second-order valence-corrected chi connectivity index (χ2v) is 4.24. The molecule has 1 N–H and O–H groups in total. The van der Waals surface area contributed by atoms with Crippen LogP contribution in [0.15, 0.2) is 18.2 Å². The number of benzene rings is 1. The van der Waals surface area contributed by atoms with Crippen LogP contribution in [0, 0.1) is 11.6 Å². The van der Waals surface area contributed by atoms with Crippen molar-refractivity contribution in [3.8, 4) is 0 Å². The average molecular weight is 242 g/mol. The molecule has 1 aromatic carbocycles. The van der Waals surface area contributed by atoms with Crippen molar-refractivity contribution in [2.75, 3.05) is 26.7 Å². The molecule has 0 unspecified atom stereocenters. The second kappa shape index (κ2) is 7.35. The molecule has 0 spiro atoms. The monoisotopic (exact) mass is 242 g/mol. The van der Waals surface area contributed by atoms with E-state index >= 15 is 0 Å². The van der Waals surface area contributed by atoms with Crippen molar-refractivity contribution in [2.45, 2.75) is 19.9 Å². The quantitative estimate of drug-likeness (QED) is 0.739. The molecule has 0 atom stereocenters. The summed E-state index contributed by atoms with van der Waals surface area (Å²) >= 11 is 0. The molecule has 0 saturated carbocycles. The molecule has 0 aliphatic heterocycles. The van der Waals surface area contributed by atoms with E-state index in [1.165, 1.54) is 12.1 Å². The molecule has 96 valence electrons. The Bertz CT molecular complexity index is 342. The second-order valence-electron chi connectivity index (χ2n) is 4.24. The first-order valence-corrected chi connectivity index (χ1v) is 5.96. The van der Waals surface area contributed by atoms with Crippen molar-refractivity contribution in [3.05, 3.63) is 35.4 Å². The summed E-state index contributed by atoms with van der Waals surface area (Å²) in [6.45, 7) is 5.56. The minimum Gasteiger partial charge on any atom is -0.315 e. The highest BCUT2D eigenvalue weighted by Gasteiger charge is 2.04. The molecule has 0 aliphatic carbocycles. The third-order valence-corrected chi connectivity index (χ3v) is 2.53. The van der Waals surface area contributed by atoms with Gasteiger partial charge in [-0.1, -0.05) is 13.0 Å². The Morgan fingerprint density at radius 1 is 1.18 bits per heavy atom. The Balaban J connectivity index is 2.34. The van der Waals surface area contributed by atoms with Crippen LogP contribution in [-0.2, 0) is 6.54 Å².